The summed E-state index contributed by atoms with van der Waals surface area (Å²) in [5.74, 6) is -0.275. The number of methoxy groups -OCH3 is 1. The fourth-order valence-corrected chi connectivity index (χ4v) is 3.41. The number of pyridine rings is 1. The van der Waals surface area contributed by atoms with Crippen LogP contribution in [0.4, 0.5) is 13.2 Å². The zero-order valence-electron chi connectivity index (χ0n) is 15.6. The predicted octanol–water partition coefficient (Wildman–Crippen LogP) is 5.38. The first-order valence-corrected chi connectivity index (χ1v) is 8.95. The number of halogens is 3. The first-order chi connectivity index (χ1) is 13.3. The highest BCUT2D eigenvalue weighted by Crippen LogP contribution is 2.44. The molecule has 0 aliphatic heterocycles. The summed E-state index contributed by atoms with van der Waals surface area (Å²) in [6.07, 6.45) is 0.971. The Kier molecular flexibility index (Phi) is 5.72. The van der Waals surface area contributed by atoms with E-state index in [1.165, 1.54) is 19.4 Å². The Labute approximate surface area is 161 Å². The number of esters is 1. The number of aromatic nitrogens is 1. The summed E-state index contributed by atoms with van der Waals surface area (Å²) in [6, 6.07) is 5.24. The molecule has 2 aromatic rings. The molecule has 0 spiro atoms. The number of allylic oxidation sites excluding steroid dienone is 2. The Balaban J connectivity index is 2.06. The lowest BCUT2D eigenvalue weighted by Crippen LogP contribution is -2.06. The molecule has 0 radical (unpaired) electrons. The standard InChI is InChI=1S/C21H20F3NO3/c1-3-28-20(26)14-9-13(11-25-12-14)16-5-4-6-17(16)18-8-7-15(21(22,23)24)10-19(18)27-2/h7-12H,3-6H2,1-2H3. The number of carbonyl (C=O) groups excluding carboxylic acids is 1. The Hall–Kier alpha value is -2.83. The molecular formula is C21H20F3NO3. The van der Waals surface area contributed by atoms with Gasteiger partial charge in [-0.3, -0.25) is 4.98 Å². The number of rotatable bonds is 5. The van der Waals surface area contributed by atoms with Crippen LogP contribution in [-0.4, -0.2) is 24.7 Å². The average Bonchev–Trinajstić information content (AvgIpc) is 3.16. The maximum Gasteiger partial charge on any atom is 0.416 e. The molecule has 4 nitrogen and oxygen atoms in total. The second-order valence-corrected chi connectivity index (χ2v) is 6.41. The van der Waals surface area contributed by atoms with Gasteiger partial charge in [0.1, 0.15) is 5.75 Å². The first kappa shape index (κ1) is 19.9. The molecule has 1 heterocycles. The van der Waals surface area contributed by atoms with Gasteiger partial charge in [-0.25, -0.2) is 4.79 Å². The van der Waals surface area contributed by atoms with Crippen LogP contribution in [0.25, 0.3) is 11.1 Å². The van der Waals surface area contributed by atoms with Gasteiger partial charge in [-0.2, -0.15) is 13.2 Å². The topological polar surface area (TPSA) is 48.4 Å². The van der Waals surface area contributed by atoms with Crippen molar-refractivity contribution < 1.29 is 27.4 Å². The lowest BCUT2D eigenvalue weighted by molar-refractivity contribution is -0.137. The summed E-state index contributed by atoms with van der Waals surface area (Å²) in [7, 11) is 1.36. The predicted molar refractivity (Wildman–Crippen MR) is 98.9 cm³/mol. The zero-order valence-corrected chi connectivity index (χ0v) is 15.6. The second-order valence-electron chi connectivity index (χ2n) is 6.41. The van der Waals surface area contributed by atoms with Gasteiger partial charge in [0.15, 0.2) is 0 Å². The van der Waals surface area contributed by atoms with E-state index in [9.17, 15) is 18.0 Å². The molecule has 0 unspecified atom stereocenters. The van der Waals surface area contributed by atoms with Crippen molar-refractivity contribution in [2.45, 2.75) is 32.4 Å². The number of hydrogen-bond donors (Lipinski definition) is 0. The molecule has 0 bridgehead atoms. The van der Waals surface area contributed by atoms with Crippen molar-refractivity contribution in [2.24, 2.45) is 0 Å². The third-order valence-corrected chi connectivity index (χ3v) is 4.67. The monoisotopic (exact) mass is 391 g/mol. The van der Waals surface area contributed by atoms with Crippen LogP contribution in [0.5, 0.6) is 5.75 Å². The van der Waals surface area contributed by atoms with Crippen molar-refractivity contribution in [2.75, 3.05) is 13.7 Å². The van der Waals surface area contributed by atoms with Gasteiger partial charge in [0.2, 0.25) is 0 Å². The molecule has 7 heteroatoms. The summed E-state index contributed by atoms with van der Waals surface area (Å²) in [5.41, 5.74) is 2.85. The lowest BCUT2D eigenvalue weighted by Gasteiger charge is -2.15. The quantitative estimate of drug-likeness (QED) is 0.642. The molecule has 3 rings (SSSR count). The van der Waals surface area contributed by atoms with E-state index >= 15 is 0 Å². The normalized spacial score (nSPS) is 14.3. The van der Waals surface area contributed by atoms with E-state index in [1.807, 2.05) is 0 Å². The summed E-state index contributed by atoms with van der Waals surface area (Å²) in [4.78, 5) is 16.1. The Morgan fingerprint density at radius 1 is 1.14 bits per heavy atom. The van der Waals surface area contributed by atoms with Crippen molar-refractivity contribution in [1.29, 1.82) is 0 Å². The SMILES string of the molecule is CCOC(=O)c1cncc(C2=C(c3ccc(C(F)(F)F)cc3OC)CCC2)c1. The van der Waals surface area contributed by atoms with Crippen molar-refractivity contribution in [3.63, 3.8) is 0 Å². The Bertz CT molecular complexity index is 919. The molecule has 0 fully saturated rings. The fourth-order valence-electron chi connectivity index (χ4n) is 3.41. The fraction of sp³-hybridized carbons (Fsp3) is 0.333. The highest BCUT2D eigenvalue weighted by molar-refractivity contribution is 5.96. The van der Waals surface area contributed by atoms with Gasteiger partial charge in [0, 0.05) is 18.0 Å². The summed E-state index contributed by atoms with van der Waals surface area (Å²) >= 11 is 0. The van der Waals surface area contributed by atoms with E-state index in [0.29, 0.717) is 17.5 Å². The molecule has 148 valence electrons. The minimum atomic E-state index is -4.43. The molecule has 28 heavy (non-hydrogen) atoms. The molecule has 1 aromatic heterocycles. The van der Waals surface area contributed by atoms with E-state index in [0.717, 1.165) is 41.7 Å². The van der Waals surface area contributed by atoms with E-state index in [4.69, 9.17) is 9.47 Å². The smallest absolute Gasteiger partial charge is 0.416 e. The van der Waals surface area contributed by atoms with Gasteiger partial charge in [-0.15, -0.1) is 0 Å². The largest absolute Gasteiger partial charge is 0.496 e. The van der Waals surface area contributed by atoms with Crippen LogP contribution >= 0.6 is 0 Å². The van der Waals surface area contributed by atoms with Crippen molar-refractivity contribution in [3.8, 4) is 5.75 Å². The van der Waals surface area contributed by atoms with E-state index in [-0.39, 0.29) is 12.4 Å². The molecule has 1 aliphatic rings. The van der Waals surface area contributed by atoms with Crippen LogP contribution in [0.15, 0.2) is 36.7 Å². The van der Waals surface area contributed by atoms with E-state index < -0.39 is 17.7 Å². The van der Waals surface area contributed by atoms with Gasteiger partial charge >= 0.3 is 12.1 Å². The molecule has 0 amide bonds. The third-order valence-electron chi connectivity index (χ3n) is 4.67. The molecule has 1 aliphatic carbocycles. The molecule has 0 atom stereocenters. The van der Waals surface area contributed by atoms with Crippen LogP contribution in [0, 0.1) is 0 Å². The second kappa shape index (κ2) is 8.04. The zero-order chi connectivity index (χ0) is 20.3. The van der Waals surface area contributed by atoms with Gasteiger partial charge in [0.25, 0.3) is 0 Å². The highest BCUT2D eigenvalue weighted by Gasteiger charge is 2.32. The van der Waals surface area contributed by atoms with Crippen molar-refractivity contribution in [3.05, 3.63) is 58.9 Å². The number of carbonyl (C=O) groups is 1. The first-order valence-electron chi connectivity index (χ1n) is 8.95. The maximum atomic E-state index is 13.0. The summed E-state index contributed by atoms with van der Waals surface area (Å²) in [5, 5.41) is 0. The molecule has 0 saturated carbocycles. The average molecular weight is 391 g/mol. The van der Waals surface area contributed by atoms with E-state index in [2.05, 4.69) is 4.98 Å². The van der Waals surface area contributed by atoms with Crippen molar-refractivity contribution >= 4 is 17.1 Å². The Morgan fingerprint density at radius 2 is 1.89 bits per heavy atom. The number of alkyl halides is 3. The molecule has 0 N–H and O–H groups in total. The molecule has 0 saturated heterocycles. The Morgan fingerprint density at radius 3 is 2.57 bits per heavy atom. The summed E-state index contributed by atoms with van der Waals surface area (Å²) in [6.45, 7) is 1.99. The molecular weight excluding hydrogens is 371 g/mol. The molecule has 1 aromatic carbocycles. The lowest BCUT2D eigenvalue weighted by atomic mass is 9.95. The maximum absolute atomic E-state index is 13.0. The third kappa shape index (κ3) is 4.03. The van der Waals surface area contributed by atoms with Gasteiger partial charge in [-0.1, -0.05) is 6.07 Å². The van der Waals surface area contributed by atoms with Crippen molar-refractivity contribution in [1.82, 2.24) is 4.98 Å². The number of nitrogens with zero attached hydrogens (tertiary/aromatic N) is 1. The van der Waals surface area contributed by atoms with Crippen LogP contribution < -0.4 is 4.74 Å². The number of hydrogen-bond acceptors (Lipinski definition) is 4. The van der Waals surface area contributed by atoms with Crippen LogP contribution in [0.2, 0.25) is 0 Å². The van der Waals surface area contributed by atoms with Gasteiger partial charge in [0.05, 0.1) is 24.8 Å². The van der Waals surface area contributed by atoms with Crippen LogP contribution in [0.1, 0.15) is 53.2 Å². The highest BCUT2D eigenvalue weighted by atomic mass is 19.4. The number of ether oxygens (including phenoxy) is 2. The van der Waals surface area contributed by atoms with Crippen LogP contribution in [0.3, 0.4) is 0 Å². The summed E-state index contributed by atoms with van der Waals surface area (Å²) < 4.78 is 49.3. The number of benzene rings is 1. The minimum absolute atomic E-state index is 0.179. The van der Waals surface area contributed by atoms with Gasteiger partial charge in [-0.05, 0) is 61.1 Å². The van der Waals surface area contributed by atoms with Crippen LogP contribution in [-0.2, 0) is 10.9 Å². The van der Waals surface area contributed by atoms with Gasteiger partial charge < -0.3 is 9.47 Å². The van der Waals surface area contributed by atoms with E-state index in [1.54, 1.807) is 19.2 Å². The minimum Gasteiger partial charge on any atom is -0.496 e.